The number of hydrogen-bond donors (Lipinski definition) is 0. The van der Waals surface area contributed by atoms with Crippen molar-refractivity contribution in [3.8, 4) is 5.75 Å². The number of carboxylic acids is 1. The van der Waals surface area contributed by atoms with E-state index in [0.717, 1.165) is 10.5 Å². The number of rotatable bonds is 5. The van der Waals surface area contributed by atoms with Gasteiger partial charge >= 0.3 is 51.4 Å². The first kappa shape index (κ1) is 21.3. The van der Waals surface area contributed by atoms with E-state index in [1.807, 2.05) is 6.07 Å². The molecular weight excluding hydrogens is 379 g/mol. The van der Waals surface area contributed by atoms with Crippen LogP contribution < -0.4 is 61.2 Å². The minimum atomic E-state index is -1.25. The zero-order chi connectivity index (χ0) is 18.0. The number of aliphatic carboxylic acids is 1. The van der Waals surface area contributed by atoms with Crippen molar-refractivity contribution in [1.29, 1.82) is 0 Å². The molecular formula is C19H15KO5S. The number of fused-ring (bicyclic) bond motifs is 2. The monoisotopic (exact) mass is 394 g/mol. The second-order valence-electron chi connectivity index (χ2n) is 5.65. The summed E-state index contributed by atoms with van der Waals surface area (Å²) in [6, 6.07) is 10.2. The average molecular weight is 394 g/mol. The maximum Gasteiger partial charge on any atom is 1.00 e. The molecule has 1 aliphatic heterocycles. The van der Waals surface area contributed by atoms with Crippen LogP contribution in [-0.4, -0.2) is 24.6 Å². The Labute approximate surface area is 197 Å². The van der Waals surface area contributed by atoms with E-state index < -0.39 is 5.97 Å². The van der Waals surface area contributed by atoms with E-state index >= 15 is 0 Å². The van der Waals surface area contributed by atoms with Crippen molar-refractivity contribution in [2.45, 2.75) is 23.5 Å². The quantitative estimate of drug-likeness (QED) is 0.490. The maximum absolute atomic E-state index is 12.8. The standard InChI is InChI=1S/C19H16O5S.K/c1-24-13-3-5-14-12(8-13)10-25-17-9-11(2-4-15(17)19(14)23)16(20)6-7-18(21)22;/h2-5,8-9H,6-7,10H2,1H3,(H,21,22);/q;+1/p-1. The Hall–Kier alpha value is -0.964. The van der Waals surface area contributed by atoms with Crippen LogP contribution in [0.5, 0.6) is 5.75 Å². The Morgan fingerprint density at radius 1 is 1.12 bits per heavy atom. The molecule has 0 unspecified atom stereocenters. The van der Waals surface area contributed by atoms with Crippen molar-refractivity contribution in [1.82, 2.24) is 0 Å². The summed E-state index contributed by atoms with van der Waals surface area (Å²) in [5.41, 5.74) is 2.47. The van der Waals surface area contributed by atoms with E-state index in [2.05, 4.69) is 0 Å². The van der Waals surface area contributed by atoms with Crippen molar-refractivity contribution in [3.05, 3.63) is 58.7 Å². The fourth-order valence-corrected chi connectivity index (χ4v) is 3.78. The molecule has 2 aromatic rings. The molecule has 0 aliphatic carbocycles. The molecule has 0 spiro atoms. The van der Waals surface area contributed by atoms with Gasteiger partial charge in [0.1, 0.15) is 5.75 Å². The van der Waals surface area contributed by atoms with E-state index in [9.17, 15) is 19.5 Å². The summed E-state index contributed by atoms with van der Waals surface area (Å²) >= 11 is 1.47. The fourth-order valence-electron chi connectivity index (χ4n) is 2.70. The number of methoxy groups -OCH3 is 1. The third kappa shape index (κ3) is 4.65. The number of thioether (sulfide) groups is 1. The summed E-state index contributed by atoms with van der Waals surface area (Å²) in [5, 5.41) is 10.5. The Kier molecular flexibility index (Phi) is 7.63. The molecule has 0 fully saturated rings. The summed E-state index contributed by atoms with van der Waals surface area (Å²) < 4.78 is 5.21. The van der Waals surface area contributed by atoms with Gasteiger partial charge in [0.25, 0.3) is 0 Å². The van der Waals surface area contributed by atoms with E-state index in [-0.39, 0.29) is 75.8 Å². The predicted molar refractivity (Wildman–Crippen MR) is 91.0 cm³/mol. The normalized spacial score (nSPS) is 12.3. The van der Waals surface area contributed by atoms with E-state index in [1.54, 1.807) is 37.4 Å². The van der Waals surface area contributed by atoms with E-state index in [4.69, 9.17) is 4.74 Å². The van der Waals surface area contributed by atoms with Gasteiger partial charge in [-0.25, -0.2) is 0 Å². The van der Waals surface area contributed by atoms with Crippen molar-refractivity contribution < 1.29 is 75.6 Å². The largest absolute Gasteiger partial charge is 1.00 e. The van der Waals surface area contributed by atoms with Crippen LogP contribution in [0, 0.1) is 0 Å². The molecule has 0 saturated carbocycles. The second kappa shape index (κ2) is 9.30. The topological polar surface area (TPSA) is 83.5 Å². The van der Waals surface area contributed by atoms with Gasteiger partial charge < -0.3 is 14.6 Å². The van der Waals surface area contributed by atoms with Gasteiger partial charge in [0.2, 0.25) is 0 Å². The van der Waals surface area contributed by atoms with Crippen LogP contribution in [0.25, 0.3) is 0 Å². The van der Waals surface area contributed by atoms with Crippen LogP contribution in [0.15, 0.2) is 41.3 Å². The molecule has 26 heavy (non-hydrogen) atoms. The molecule has 0 N–H and O–H groups in total. The summed E-state index contributed by atoms with van der Waals surface area (Å²) in [4.78, 5) is 36.1. The molecule has 0 amide bonds. The smallest absolute Gasteiger partial charge is 0.550 e. The molecule has 2 aromatic carbocycles. The number of Topliss-reactive ketones (excluding diaryl/α,β-unsaturated/α-hetero) is 1. The number of carboxylic acid groups (broad SMARTS) is 1. The molecule has 0 radical (unpaired) electrons. The van der Waals surface area contributed by atoms with Gasteiger partial charge in [-0.1, -0.05) is 6.07 Å². The minimum absolute atomic E-state index is 0. The number of carbonyl (C=O) groups is 3. The van der Waals surface area contributed by atoms with Gasteiger partial charge in [0.05, 0.1) is 7.11 Å². The molecule has 0 saturated heterocycles. The van der Waals surface area contributed by atoms with Crippen LogP contribution in [0.3, 0.4) is 0 Å². The molecule has 1 aliphatic rings. The van der Waals surface area contributed by atoms with Gasteiger partial charge in [0, 0.05) is 39.7 Å². The molecule has 5 nitrogen and oxygen atoms in total. The number of hydrogen-bond acceptors (Lipinski definition) is 6. The molecule has 0 atom stereocenters. The molecule has 0 aromatic heterocycles. The third-order valence-electron chi connectivity index (χ3n) is 4.04. The second-order valence-corrected chi connectivity index (χ2v) is 6.66. The summed E-state index contributed by atoms with van der Waals surface area (Å²) in [6.45, 7) is 0. The first-order chi connectivity index (χ1) is 12.0. The average Bonchev–Trinajstić information content (AvgIpc) is 2.76. The molecule has 1 heterocycles. The van der Waals surface area contributed by atoms with E-state index in [1.165, 1.54) is 11.8 Å². The van der Waals surface area contributed by atoms with Gasteiger partial charge in [-0.05, 0) is 42.3 Å². The zero-order valence-electron chi connectivity index (χ0n) is 14.5. The number of ether oxygens (including phenoxy) is 1. The number of ketones is 2. The number of benzene rings is 2. The maximum atomic E-state index is 12.8. The summed E-state index contributed by atoms with van der Waals surface area (Å²) in [7, 11) is 1.58. The Morgan fingerprint density at radius 3 is 2.54 bits per heavy atom. The Morgan fingerprint density at radius 2 is 1.85 bits per heavy atom. The molecule has 0 bridgehead atoms. The molecule has 3 rings (SSSR count). The van der Waals surface area contributed by atoms with Crippen molar-refractivity contribution in [2.75, 3.05) is 7.11 Å². The SMILES string of the molecule is COc1ccc2c(c1)CSc1cc(C(=O)CCC(=O)[O-])ccc1C2=O.[K+]. The van der Waals surface area contributed by atoms with E-state index in [0.29, 0.717) is 28.2 Å². The van der Waals surface area contributed by atoms with Crippen LogP contribution in [-0.2, 0) is 10.5 Å². The van der Waals surface area contributed by atoms with Crippen molar-refractivity contribution in [3.63, 3.8) is 0 Å². The van der Waals surface area contributed by atoms with Crippen LogP contribution >= 0.6 is 11.8 Å². The zero-order valence-corrected chi connectivity index (χ0v) is 18.5. The van der Waals surface area contributed by atoms with Crippen LogP contribution in [0.1, 0.15) is 44.7 Å². The van der Waals surface area contributed by atoms with Gasteiger partial charge in [-0.3, -0.25) is 9.59 Å². The van der Waals surface area contributed by atoms with Gasteiger partial charge in [-0.2, -0.15) is 0 Å². The van der Waals surface area contributed by atoms with Crippen LogP contribution in [0.2, 0.25) is 0 Å². The molecule has 7 heteroatoms. The van der Waals surface area contributed by atoms with Crippen molar-refractivity contribution in [2.24, 2.45) is 0 Å². The summed E-state index contributed by atoms with van der Waals surface area (Å²) in [6.07, 6.45) is -0.426. The fraction of sp³-hybridized carbons (Fsp3) is 0.211. The third-order valence-corrected chi connectivity index (χ3v) is 5.15. The molecule has 128 valence electrons. The minimum Gasteiger partial charge on any atom is -0.550 e. The first-order valence-electron chi connectivity index (χ1n) is 7.71. The Bertz CT molecular complexity index is 878. The van der Waals surface area contributed by atoms with Gasteiger partial charge in [0.15, 0.2) is 11.6 Å². The van der Waals surface area contributed by atoms with Gasteiger partial charge in [-0.15, -0.1) is 11.8 Å². The number of carbonyl (C=O) groups excluding carboxylic acids is 3. The van der Waals surface area contributed by atoms with Crippen molar-refractivity contribution >= 4 is 29.3 Å². The first-order valence-corrected chi connectivity index (χ1v) is 8.69. The Balaban J connectivity index is 0.00000243. The van der Waals surface area contributed by atoms with Crippen LogP contribution in [0.4, 0.5) is 0 Å². The predicted octanol–water partition coefficient (Wildman–Crippen LogP) is -0.751. The summed E-state index contributed by atoms with van der Waals surface area (Å²) in [5.74, 6) is -0.342.